The van der Waals surface area contributed by atoms with E-state index in [4.69, 9.17) is 4.74 Å². The lowest BCUT2D eigenvalue weighted by Crippen LogP contribution is -2.36. The smallest absolute Gasteiger partial charge is 0.178 e. The summed E-state index contributed by atoms with van der Waals surface area (Å²) >= 11 is 3.73. The van der Waals surface area contributed by atoms with Crippen molar-refractivity contribution >= 4 is 49.8 Å². The van der Waals surface area contributed by atoms with Crippen LogP contribution in [0.1, 0.15) is 115 Å². The lowest BCUT2D eigenvalue weighted by atomic mass is 9.65. The molecule has 0 N–H and O–H groups in total. The third-order valence-corrected chi connectivity index (χ3v) is 15.7. The van der Waals surface area contributed by atoms with Gasteiger partial charge in [0, 0.05) is 43.6 Å². The molecule has 0 saturated heterocycles. The Morgan fingerprint density at radius 1 is 0.465 bits per heavy atom. The number of para-hydroxylation sites is 2. The lowest BCUT2D eigenvalue weighted by molar-refractivity contribution is 0.163. The number of unbranched alkanes of at least 4 members (excludes halogenated alkanes) is 6. The largest absolute Gasteiger partial charge is 0.472 e. The summed E-state index contributed by atoms with van der Waals surface area (Å²) in [6, 6.07) is 76.7. The topological polar surface area (TPSA) is 12.5 Å². The first-order valence-electron chi connectivity index (χ1n) is 26.1. The second-order valence-electron chi connectivity index (χ2n) is 19.6. The number of benzene rings is 9. The normalized spacial score (nSPS) is 15.2. The van der Waals surface area contributed by atoms with Crippen molar-refractivity contribution < 1.29 is 4.74 Å². The van der Waals surface area contributed by atoms with Crippen LogP contribution in [0.2, 0.25) is 0 Å². The molecule has 71 heavy (non-hydrogen) atoms. The predicted molar refractivity (Wildman–Crippen MR) is 303 cm³/mol. The molecule has 1 atom stereocenters. The molecule has 1 aliphatic carbocycles. The predicted octanol–water partition coefficient (Wildman–Crippen LogP) is 19.0. The molecule has 0 aromatic heterocycles. The molecule has 3 heteroatoms. The van der Waals surface area contributed by atoms with E-state index in [1.165, 1.54) is 101 Å². The Morgan fingerprint density at radius 3 is 1.54 bits per heavy atom. The minimum Gasteiger partial charge on any atom is -0.472 e. The van der Waals surface area contributed by atoms with E-state index in [9.17, 15) is 0 Å². The first-order chi connectivity index (χ1) is 35.0. The van der Waals surface area contributed by atoms with Crippen molar-refractivity contribution in [2.75, 3.05) is 4.90 Å². The number of hydrogen-bond acceptors (Lipinski definition) is 2. The molecule has 0 fully saturated rings. The molecule has 0 spiro atoms. The molecule has 1 unspecified atom stereocenters. The van der Waals surface area contributed by atoms with Crippen LogP contribution in [-0.4, -0.2) is 0 Å². The van der Waals surface area contributed by atoms with Gasteiger partial charge in [-0.25, -0.2) is 0 Å². The van der Waals surface area contributed by atoms with Gasteiger partial charge in [-0.1, -0.05) is 232 Å². The molecule has 352 valence electrons. The van der Waals surface area contributed by atoms with Gasteiger partial charge in [0.05, 0.1) is 5.41 Å². The summed E-state index contributed by atoms with van der Waals surface area (Å²) < 4.78 is 8.90. The van der Waals surface area contributed by atoms with E-state index < -0.39 is 11.0 Å². The van der Waals surface area contributed by atoms with E-state index in [0.717, 1.165) is 62.2 Å². The Kier molecular flexibility index (Phi) is 13.4. The maximum Gasteiger partial charge on any atom is 0.178 e. The summed E-state index contributed by atoms with van der Waals surface area (Å²) in [5.41, 5.74) is 15.4. The highest BCUT2D eigenvalue weighted by Gasteiger charge is 2.51. The number of nitrogens with zero attached hydrogens (tertiary/aromatic N) is 1. The second kappa shape index (κ2) is 20.4. The molecule has 9 aromatic carbocycles. The van der Waals surface area contributed by atoms with Crippen molar-refractivity contribution in [3.05, 3.63) is 267 Å². The Balaban J connectivity index is 1.22. The van der Waals surface area contributed by atoms with Gasteiger partial charge < -0.3 is 9.64 Å². The Bertz CT molecular complexity index is 3190. The first kappa shape index (κ1) is 46.4. The summed E-state index contributed by atoms with van der Waals surface area (Å²) in [5.74, 6) is 0.904. The van der Waals surface area contributed by atoms with Gasteiger partial charge in [0.1, 0.15) is 5.75 Å². The molecule has 2 aliphatic rings. The average molecular weight is 989 g/mol. The fourth-order valence-corrected chi connectivity index (χ4v) is 11.9. The quantitative estimate of drug-likeness (QED) is 0.0843. The monoisotopic (exact) mass is 987 g/mol. The molecular formula is C68H62BrNO. The molecule has 0 radical (unpaired) electrons. The number of ether oxygens (including phenoxy) is 1. The SMILES string of the molecule is CCCCCCc1ccc(C2(c3ccc(CCCCCC)cc3)c3cc(N(c4ccccc4)c4ccccc4)ccc3-c3c2c2c(c4ccccc34)OC(c3ccccc3)(c3ccc(Br)cc3)C=C2)cc1. The molecule has 9 aromatic rings. The van der Waals surface area contributed by atoms with Crippen LogP contribution in [0.4, 0.5) is 17.1 Å². The van der Waals surface area contributed by atoms with E-state index in [1.807, 2.05) is 0 Å². The minimum absolute atomic E-state index is 0.729. The van der Waals surface area contributed by atoms with Crippen LogP contribution in [0.25, 0.3) is 28.0 Å². The minimum atomic E-state index is -0.877. The fourth-order valence-electron chi connectivity index (χ4n) is 11.7. The standard InChI is InChI=1S/C68H62BrNO/c1-3-5-7-12-22-49-32-36-53(37-33-49)68(54-38-34-50(35-39-54)23-13-8-6-4-2)63-48-58(70(56-26-16-10-17-27-56)57-28-18-11-19-29-57)44-45-61(63)64-59-30-20-21-31-60(59)66-62(65(64)68)46-47-67(71-66,51-24-14-9-15-25-51)52-40-42-55(69)43-41-52/h9-11,14-21,24-48H,3-8,12-13,22-23H2,1-2H3. The van der Waals surface area contributed by atoms with E-state index in [-0.39, 0.29) is 0 Å². The number of fused-ring (bicyclic) bond motifs is 8. The van der Waals surface area contributed by atoms with Crippen LogP contribution in [-0.2, 0) is 23.9 Å². The average Bonchev–Trinajstić information content (AvgIpc) is 3.74. The van der Waals surface area contributed by atoms with E-state index >= 15 is 0 Å². The second-order valence-corrected chi connectivity index (χ2v) is 20.5. The van der Waals surface area contributed by atoms with Crippen molar-refractivity contribution in [2.24, 2.45) is 0 Å². The summed E-state index contributed by atoms with van der Waals surface area (Å²) in [6.07, 6.45) is 16.8. The molecule has 0 amide bonds. The Hall–Kier alpha value is -6.94. The van der Waals surface area contributed by atoms with Gasteiger partial charge in [0.15, 0.2) is 5.60 Å². The van der Waals surface area contributed by atoms with Gasteiger partial charge in [-0.05, 0) is 130 Å². The van der Waals surface area contributed by atoms with E-state index in [1.54, 1.807) is 0 Å². The maximum absolute atomic E-state index is 7.87. The van der Waals surface area contributed by atoms with Crippen molar-refractivity contribution in [3.8, 4) is 16.9 Å². The summed E-state index contributed by atoms with van der Waals surface area (Å²) in [4.78, 5) is 2.41. The zero-order valence-corrected chi connectivity index (χ0v) is 42.7. The molecule has 2 nitrogen and oxygen atoms in total. The number of anilines is 3. The van der Waals surface area contributed by atoms with Crippen LogP contribution in [0.3, 0.4) is 0 Å². The van der Waals surface area contributed by atoms with Crippen LogP contribution in [0.5, 0.6) is 5.75 Å². The fraction of sp³-hybridized carbons (Fsp3) is 0.206. The third-order valence-electron chi connectivity index (χ3n) is 15.2. The molecule has 11 rings (SSSR count). The van der Waals surface area contributed by atoms with Crippen LogP contribution >= 0.6 is 15.9 Å². The van der Waals surface area contributed by atoms with E-state index in [2.05, 4.69) is 253 Å². The number of hydrogen-bond donors (Lipinski definition) is 0. The van der Waals surface area contributed by atoms with Crippen molar-refractivity contribution in [1.82, 2.24) is 0 Å². The highest BCUT2D eigenvalue weighted by atomic mass is 79.9. The lowest BCUT2D eigenvalue weighted by Gasteiger charge is -2.40. The van der Waals surface area contributed by atoms with E-state index in [0.29, 0.717) is 0 Å². The Morgan fingerprint density at radius 2 is 0.972 bits per heavy atom. The van der Waals surface area contributed by atoms with Gasteiger partial charge in [0.25, 0.3) is 0 Å². The van der Waals surface area contributed by atoms with Crippen LogP contribution < -0.4 is 9.64 Å². The number of rotatable bonds is 17. The van der Waals surface area contributed by atoms with Gasteiger partial charge >= 0.3 is 0 Å². The summed E-state index contributed by atoms with van der Waals surface area (Å²) in [6.45, 7) is 4.58. The van der Waals surface area contributed by atoms with Crippen molar-refractivity contribution in [1.29, 1.82) is 0 Å². The molecule has 1 aliphatic heterocycles. The third kappa shape index (κ3) is 8.53. The molecule has 0 saturated carbocycles. The van der Waals surface area contributed by atoms with Gasteiger partial charge in [-0.15, -0.1) is 0 Å². The zero-order chi connectivity index (χ0) is 48.2. The number of halogens is 1. The number of aryl methyl sites for hydroxylation is 2. The zero-order valence-electron chi connectivity index (χ0n) is 41.1. The molecule has 0 bridgehead atoms. The summed E-state index contributed by atoms with van der Waals surface area (Å²) in [7, 11) is 0. The Labute approximate surface area is 429 Å². The summed E-state index contributed by atoms with van der Waals surface area (Å²) in [5, 5.41) is 2.29. The van der Waals surface area contributed by atoms with Gasteiger partial charge in [-0.2, -0.15) is 0 Å². The first-order valence-corrected chi connectivity index (χ1v) is 26.9. The van der Waals surface area contributed by atoms with Gasteiger partial charge in [0.2, 0.25) is 0 Å². The highest BCUT2D eigenvalue weighted by Crippen LogP contribution is 2.63. The van der Waals surface area contributed by atoms with Crippen LogP contribution in [0, 0.1) is 0 Å². The van der Waals surface area contributed by atoms with Crippen molar-refractivity contribution in [2.45, 2.75) is 89.1 Å². The van der Waals surface area contributed by atoms with Gasteiger partial charge in [-0.3, -0.25) is 0 Å². The van der Waals surface area contributed by atoms with Crippen molar-refractivity contribution in [3.63, 3.8) is 0 Å². The van der Waals surface area contributed by atoms with Crippen LogP contribution in [0.15, 0.2) is 217 Å². The molecule has 1 heterocycles. The highest BCUT2D eigenvalue weighted by molar-refractivity contribution is 9.10. The molecular weight excluding hydrogens is 927 g/mol. The maximum atomic E-state index is 7.87.